The van der Waals surface area contributed by atoms with Gasteiger partial charge in [0.1, 0.15) is 0 Å². The summed E-state index contributed by atoms with van der Waals surface area (Å²) < 4.78 is 0. The Hall–Kier alpha value is -3.21. The molecule has 1 N–H and O–H groups in total. The molecular weight excluding hydrogens is 362 g/mol. The number of nitrogens with one attached hydrogen (secondary N) is 1. The van der Waals surface area contributed by atoms with Gasteiger partial charge in [-0.15, -0.1) is 0 Å². The second-order valence-corrected chi connectivity index (χ2v) is 7.81. The molecule has 4 rings (SSSR count). The van der Waals surface area contributed by atoms with Gasteiger partial charge in [-0.3, -0.25) is 9.59 Å². The Kier molecular flexibility index (Phi) is 5.30. The molecule has 2 amide bonds. The van der Waals surface area contributed by atoms with Crippen LogP contribution in [0.4, 0.5) is 5.69 Å². The van der Waals surface area contributed by atoms with Crippen molar-refractivity contribution in [1.82, 2.24) is 9.88 Å². The summed E-state index contributed by atoms with van der Waals surface area (Å²) >= 11 is 0. The molecule has 0 radical (unpaired) electrons. The first-order chi connectivity index (χ1) is 14.0. The molecule has 29 heavy (non-hydrogen) atoms. The molecule has 2 aromatic carbocycles. The fourth-order valence-electron chi connectivity index (χ4n) is 3.81. The van der Waals surface area contributed by atoms with Crippen LogP contribution in [0.2, 0.25) is 0 Å². The summed E-state index contributed by atoms with van der Waals surface area (Å²) in [6.07, 6.45) is 2.10. The molecule has 5 nitrogen and oxygen atoms in total. The van der Waals surface area contributed by atoms with Crippen LogP contribution in [0.25, 0.3) is 22.2 Å². The number of anilines is 1. The quantitative estimate of drug-likeness (QED) is 0.706. The number of benzene rings is 2. The number of carbonyl (C=O) groups is 2. The number of carbonyl (C=O) groups excluding carboxylic acids is 2. The van der Waals surface area contributed by atoms with E-state index < -0.39 is 0 Å². The second kappa shape index (κ2) is 8.03. The van der Waals surface area contributed by atoms with Crippen molar-refractivity contribution in [1.29, 1.82) is 0 Å². The molecule has 0 aliphatic carbocycles. The van der Waals surface area contributed by atoms with Gasteiger partial charge in [-0.2, -0.15) is 0 Å². The molecule has 1 aromatic heterocycles. The van der Waals surface area contributed by atoms with E-state index in [0.29, 0.717) is 11.5 Å². The smallest absolute Gasteiger partial charge is 0.254 e. The third kappa shape index (κ3) is 4.14. The highest BCUT2D eigenvalue weighted by molar-refractivity contribution is 6.07. The zero-order valence-electron chi connectivity index (χ0n) is 16.8. The topological polar surface area (TPSA) is 62.3 Å². The summed E-state index contributed by atoms with van der Waals surface area (Å²) in [5, 5.41) is 3.65. The zero-order chi connectivity index (χ0) is 20.4. The van der Waals surface area contributed by atoms with Crippen molar-refractivity contribution in [3.63, 3.8) is 0 Å². The number of pyridine rings is 1. The maximum absolute atomic E-state index is 13.3. The molecule has 148 valence electrons. The lowest BCUT2D eigenvalue weighted by Crippen LogP contribution is -2.38. The first-order valence-electron chi connectivity index (χ1n) is 10.1. The number of rotatable bonds is 3. The average Bonchev–Trinajstić information content (AvgIpc) is 2.73. The monoisotopic (exact) mass is 387 g/mol. The molecule has 2 heterocycles. The lowest BCUT2D eigenvalue weighted by Gasteiger charge is -2.30. The van der Waals surface area contributed by atoms with Crippen molar-refractivity contribution >= 4 is 28.4 Å². The molecule has 0 unspecified atom stereocenters. The number of fused-ring (bicyclic) bond motifs is 1. The van der Waals surface area contributed by atoms with Gasteiger partial charge in [0.05, 0.1) is 16.8 Å². The van der Waals surface area contributed by atoms with E-state index in [1.54, 1.807) is 0 Å². The maximum atomic E-state index is 13.3. The Labute approximate surface area is 170 Å². The fourth-order valence-corrected chi connectivity index (χ4v) is 3.81. The summed E-state index contributed by atoms with van der Waals surface area (Å²) in [4.78, 5) is 31.3. The van der Waals surface area contributed by atoms with Crippen molar-refractivity contribution in [3.05, 3.63) is 60.2 Å². The van der Waals surface area contributed by atoms with Crippen LogP contribution < -0.4 is 5.32 Å². The molecule has 3 aromatic rings. The molecule has 1 fully saturated rings. The van der Waals surface area contributed by atoms with E-state index in [9.17, 15) is 9.59 Å². The highest BCUT2D eigenvalue weighted by atomic mass is 16.2. The third-order valence-corrected chi connectivity index (χ3v) is 5.52. The number of para-hydroxylation sites is 1. The lowest BCUT2D eigenvalue weighted by atomic mass is 9.97. The van der Waals surface area contributed by atoms with Gasteiger partial charge < -0.3 is 10.2 Å². The maximum Gasteiger partial charge on any atom is 0.254 e. The second-order valence-electron chi connectivity index (χ2n) is 7.81. The first-order valence-corrected chi connectivity index (χ1v) is 10.1. The van der Waals surface area contributed by atoms with Gasteiger partial charge in [0.2, 0.25) is 5.91 Å². The number of likely N-dealkylation sites (tertiary alicyclic amines) is 1. The molecule has 0 saturated carbocycles. The molecule has 0 bridgehead atoms. The van der Waals surface area contributed by atoms with Gasteiger partial charge in [0.15, 0.2) is 0 Å². The van der Waals surface area contributed by atoms with Crippen LogP contribution in [-0.2, 0) is 4.79 Å². The van der Waals surface area contributed by atoms with Gasteiger partial charge in [0.25, 0.3) is 5.91 Å². The van der Waals surface area contributed by atoms with Gasteiger partial charge in [-0.05, 0) is 43.0 Å². The standard InChI is InChI=1S/C24H25N3O2/c1-16-11-13-27(14-12-16)24(29)21-15-23(26-22-6-4-3-5-20(21)22)18-7-9-19(10-8-18)25-17(2)28/h3-10,15-16H,11-14H2,1-2H3,(H,25,28). The first kappa shape index (κ1) is 19.1. The van der Waals surface area contributed by atoms with Crippen LogP contribution in [0.15, 0.2) is 54.6 Å². The molecular formula is C24H25N3O2. The zero-order valence-corrected chi connectivity index (χ0v) is 16.8. The summed E-state index contributed by atoms with van der Waals surface area (Å²) in [6.45, 7) is 5.33. The fraction of sp³-hybridized carbons (Fsp3) is 0.292. The minimum atomic E-state index is -0.106. The number of nitrogens with zero attached hydrogens (tertiary/aromatic N) is 2. The Balaban J connectivity index is 1.73. The lowest BCUT2D eigenvalue weighted by molar-refractivity contribution is -0.114. The van der Waals surface area contributed by atoms with E-state index >= 15 is 0 Å². The van der Waals surface area contributed by atoms with E-state index in [-0.39, 0.29) is 11.8 Å². The highest BCUT2D eigenvalue weighted by Crippen LogP contribution is 2.28. The van der Waals surface area contributed by atoms with E-state index in [1.807, 2.05) is 59.5 Å². The van der Waals surface area contributed by atoms with Crippen LogP contribution in [0.1, 0.15) is 37.0 Å². The molecule has 0 atom stereocenters. The third-order valence-electron chi connectivity index (χ3n) is 5.52. The van der Waals surface area contributed by atoms with Crippen molar-refractivity contribution in [2.24, 2.45) is 5.92 Å². The van der Waals surface area contributed by atoms with E-state index in [0.717, 1.165) is 53.8 Å². The van der Waals surface area contributed by atoms with E-state index in [1.165, 1.54) is 6.92 Å². The average molecular weight is 387 g/mol. The van der Waals surface area contributed by atoms with Crippen molar-refractivity contribution < 1.29 is 9.59 Å². The van der Waals surface area contributed by atoms with Crippen LogP contribution in [-0.4, -0.2) is 34.8 Å². The summed E-state index contributed by atoms with van der Waals surface area (Å²) in [7, 11) is 0. The number of piperidine rings is 1. The molecule has 1 aliphatic heterocycles. The minimum absolute atomic E-state index is 0.0756. The summed E-state index contributed by atoms with van der Waals surface area (Å²) in [5.74, 6) is 0.642. The molecule has 1 aliphatic rings. The molecule has 0 spiro atoms. The highest BCUT2D eigenvalue weighted by Gasteiger charge is 2.23. The van der Waals surface area contributed by atoms with Gasteiger partial charge in [0, 0.05) is 36.7 Å². The van der Waals surface area contributed by atoms with Gasteiger partial charge in [-0.25, -0.2) is 4.98 Å². The predicted molar refractivity (Wildman–Crippen MR) is 116 cm³/mol. The number of hydrogen-bond donors (Lipinski definition) is 1. The minimum Gasteiger partial charge on any atom is -0.339 e. The largest absolute Gasteiger partial charge is 0.339 e. The van der Waals surface area contributed by atoms with Crippen molar-refractivity contribution in [2.45, 2.75) is 26.7 Å². The normalized spacial score (nSPS) is 14.8. The number of aromatic nitrogens is 1. The van der Waals surface area contributed by atoms with Gasteiger partial charge >= 0.3 is 0 Å². The predicted octanol–water partition coefficient (Wildman–Crippen LogP) is 4.73. The van der Waals surface area contributed by atoms with Crippen LogP contribution in [0, 0.1) is 5.92 Å². The molecule has 5 heteroatoms. The van der Waals surface area contributed by atoms with Gasteiger partial charge in [-0.1, -0.05) is 37.3 Å². The Morgan fingerprint density at radius 3 is 2.41 bits per heavy atom. The van der Waals surface area contributed by atoms with E-state index in [2.05, 4.69) is 12.2 Å². The van der Waals surface area contributed by atoms with E-state index in [4.69, 9.17) is 4.98 Å². The van der Waals surface area contributed by atoms with Crippen LogP contribution >= 0.6 is 0 Å². The Morgan fingerprint density at radius 2 is 1.72 bits per heavy atom. The summed E-state index contributed by atoms with van der Waals surface area (Å²) in [5.41, 5.74) is 3.91. The Morgan fingerprint density at radius 1 is 1.03 bits per heavy atom. The number of amides is 2. The van der Waals surface area contributed by atoms with Crippen molar-refractivity contribution in [2.75, 3.05) is 18.4 Å². The summed E-state index contributed by atoms with van der Waals surface area (Å²) in [6, 6.07) is 17.2. The Bertz CT molecular complexity index is 1050. The van der Waals surface area contributed by atoms with Crippen LogP contribution in [0.5, 0.6) is 0 Å². The SMILES string of the molecule is CC(=O)Nc1ccc(-c2cc(C(=O)N3CCC(C)CC3)c3ccccc3n2)cc1. The molecule has 1 saturated heterocycles. The number of hydrogen-bond acceptors (Lipinski definition) is 3. The van der Waals surface area contributed by atoms with Crippen LogP contribution in [0.3, 0.4) is 0 Å². The van der Waals surface area contributed by atoms with Crippen molar-refractivity contribution in [3.8, 4) is 11.3 Å².